The minimum absolute atomic E-state index is 0.0585. The Labute approximate surface area is 187 Å². The molecule has 30 heavy (non-hydrogen) atoms. The third-order valence-corrected chi connectivity index (χ3v) is 5.91. The van der Waals surface area contributed by atoms with Gasteiger partial charge < -0.3 is 10.2 Å². The molecule has 0 aliphatic carbocycles. The molecular weight excluding hydrogens is 421 g/mol. The van der Waals surface area contributed by atoms with Gasteiger partial charge in [0.2, 0.25) is 5.91 Å². The number of rotatable bonds is 8. The number of aryl methyl sites for hydroxylation is 1. The van der Waals surface area contributed by atoms with E-state index in [-0.39, 0.29) is 11.8 Å². The molecule has 1 aliphatic heterocycles. The van der Waals surface area contributed by atoms with Gasteiger partial charge in [0.05, 0.1) is 16.6 Å². The van der Waals surface area contributed by atoms with E-state index in [2.05, 4.69) is 10.3 Å². The highest BCUT2D eigenvalue weighted by molar-refractivity contribution is 6.45. The number of carbonyl (C=O) groups is 2. The van der Waals surface area contributed by atoms with Crippen molar-refractivity contribution in [2.45, 2.75) is 26.3 Å². The van der Waals surface area contributed by atoms with Crippen molar-refractivity contribution < 1.29 is 9.59 Å². The van der Waals surface area contributed by atoms with E-state index in [0.717, 1.165) is 24.0 Å². The summed E-state index contributed by atoms with van der Waals surface area (Å²) in [6.07, 6.45) is 1.58. The standard InChI is InChI=1S/C23H25Cl2N3O2/c1-2-28(12-6-9-16-10-11-19(24)20(25)13-16)23(30)18-15-27-22(29)21(18)26-14-17-7-4-3-5-8-17/h3-5,7-8,10-11,13,18H,2,6,9,12,14-15H2,1H3,(H,27,29). The molecule has 1 fully saturated rings. The third kappa shape index (κ3) is 5.61. The number of hydrogen-bond donors (Lipinski definition) is 1. The fraction of sp³-hybridized carbons (Fsp3) is 0.348. The van der Waals surface area contributed by atoms with Crippen LogP contribution >= 0.6 is 23.2 Å². The van der Waals surface area contributed by atoms with Gasteiger partial charge in [-0.15, -0.1) is 0 Å². The third-order valence-electron chi connectivity index (χ3n) is 5.17. The highest BCUT2D eigenvalue weighted by atomic mass is 35.5. The predicted molar refractivity (Wildman–Crippen MR) is 121 cm³/mol. The zero-order chi connectivity index (χ0) is 21.5. The number of nitrogens with one attached hydrogen (secondary N) is 1. The molecule has 1 heterocycles. The van der Waals surface area contributed by atoms with Crippen LogP contribution in [0.15, 0.2) is 53.5 Å². The lowest BCUT2D eigenvalue weighted by atomic mass is 10.0. The Balaban J connectivity index is 1.61. The highest BCUT2D eigenvalue weighted by Gasteiger charge is 2.37. The molecule has 0 saturated carbocycles. The van der Waals surface area contributed by atoms with Crippen LogP contribution in [-0.2, 0) is 22.6 Å². The molecule has 0 aromatic heterocycles. The zero-order valence-electron chi connectivity index (χ0n) is 16.9. The maximum Gasteiger partial charge on any atom is 0.266 e. The second-order valence-electron chi connectivity index (χ2n) is 7.22. The van der Waals surface area contributed by atoms with Crippen LogP contribution in [0.1, 0.15) is 24.5 Å². The summed E-state index contributed by atoms with van der Waals surface area (Å²) in [5.74, 6) is -0.848. The van der Waals surface area contributed by atoms with Gasteiger partial charge in [0.15, 0.2) is 0 Å². The molecule has 2 aromatic rings. The second kappa shape index (κ2) is 10.6. The van der Waals surface area contributed by atoms with Gasteiger partial charge >= 0.3 is 0 Å². The molecule has 2 aromatic carbocycles. The summed E-state index contributed by atoms with van der Waals surface area (Å²) in [6, 6.07) is 15.3. The first kappa shape index (κ1) is 22.3. The summed E-state index contributed by atoms with van der Waals surface area (Å²) in [5, 5.41) is 3.83. The SMILES string of the molecule is CCN(CCCc1ccc(Cl)c(Cl)c1)C(=O)C1CNC(=O)C1=NCc1ccccc1. The molecular formula is C23H25Cl2N3O2. The van der Waals surface area contributed by atoms with Crippen LogP contribution in [0.3, 0.4) is 0 Å². The summed E-state index contributed by atoms with van der Waals surface area (Å²) >= 11 is 12.0. The molecule has 0 spiro atoms. The first-order chi connectivity index (χ1) is 14.5. The first-order valence-electron chi connectivity index (χ1n) is 10.1. The Kier molecular flexibility index (Phi) is 7.88. The Morgan fingerprint density at radius 3 is 2.60 bits per heavy atom. The van der Waals surface area contributed by atoms with Crippen LogP contribution in [0.25, 0.3) is 0 Å². The topological polar surface area (TPSA) is 61.8 Å². The number of nitrogens with zero attached hydrogens (tertiary/aromatic N) is 2. The number of carbonyl (C=O) groups excluding carboxylic acids is 2. The lowest BCUT2D eigenvalue weighted by Gasteiger charge is -2.24. The van der Waals surface area contributed by atoms with Crippen LogP contribution in [0.4, 0.5) is 0 Å². The van der Waals surface area contributed by atoms with Gasteiger partial charge in [0.25, 0.3) is 5.91 Å². The van der Waals surface area contributed by atoms with Crippen molar-refractivity contribution in [3.8, 4) is 0 Å². The van der Waals surface area contributed by atoms with E-state index in [1.165, 1.54) is 0 Å². The summed E-state index contributed by atoms with van der Waals surface area (Å²) < 4.78 is 0. The molecule has 1 aliphatic rings. The largest absolute Gasteiger partial charge is 0.350 e. The molecule has 1 N–H and O–H groups in total. The van der Waals surface area contributed by atoms with Crippen molar-refractivity contribution >= 4 is 40.7 Å². The fourth-order valence-corrected chi connectivity index (χ4v) is 3.82. The van der Waals surface area contributed by atoms with Gasteiger partial charge in [-0.05, 0) is 43.0 Å². The normalized spacial score (nSPS) is 17.2. The van der Waals surface area contributed by atoms with E-state index >= 15 is 0 Å². The number of hydrogen-bond acceptors (Lipinski definition) is 3. The maximum absolute atomic E-state index is 13.1. The van der Waals surface area contributed by atoms with E-state index in [0.29, 0.717) is 41.9 Å². The van der Waals surface area contributed by atoms with Gasteiger partial charge in [0, 0.05) is 19.6 Å². The quantitative estimate of drug-likeness (QED) is 0.662. The Hall–Kier alpha value is -2.37. The Bertz CT molecular complexity index is 931. The monoisotopic (exact) mass is 445 g/mol. The summed E-state index contributed by atoms with van der Waals surface area (Å²) in [4.78, 5) is 31.6. The summed E-state index contributed by atoms with van der Waals surface area (Å²) in [6.45, 7) is 3.82. The van der Waals surface area contributed by atoms with Crippen LogP contribution in [-0.4, -0.2) is 42.1 Å². The molecule has 5 nitrogen and oxygen atoms in total. The lowest BCUT2D eigenvalue weighted by Crippen LogP contribution is -2.40. The van der Waals surface area contributed by atoms with Crippen molar-refractivity contribution in [3.05, 3.63) is 69.7 Å². The van der Waals surface area contributed by atoms with Gasteiger partial charge in [-0.3, -0.25) is 14.6 Å². The zero-order valence-corrected chi connectivity index (χ0v) is 18.4. The Morgan fingerprint density at radius 1 is 1.13 bits per heavy atom. The molecule has 158 valence electrons. The van der Waals surface area contributed by atoms with Crippen LogP contribution in [0, 0.1) is 5.92 Å². The van der Waals surface area contributed by atoms with E-state index in [4.69, 9.17) is 23.2 Å². The van der Waals surface area contributed by atoms with Crippen LogP contribution in [0.5, 0.6) is 0 Å². The molecule has 0 radical (unpaired) electrons. The average molecular weight is 446 g/mol. The summed E-state index contributed by atoms with van der Waals surface area (Å²) in [5.41, 5.74) is 2.41. The molecule has 3 rings (SSSR count). The predicted octanol–water partition coefficient (Wildman–Crippen LogP) is 4.16. The number of aliphatic imine (C=N–C) groups is 1. The average Bonchev–Trinajstić information content (AvgIpc) is 3.13. The smallest absolute Gasteiger partial charge is 0.266 e. The van der Waals surface area contributed by atoms with Crippen LogP contribution < -0.4 is 5.32 Å². The minimum atomic E-state index is -0.536. The van der Waals surface area contributed by atoms with E-state index < -0.39 is 5.92 Å². The van der Waals surface area contributed by atoms with E-state index in [1.54, 1.807) is 11.0 Å². The highest BCUT2D eigenvalue weighted by Crippen LogP contribution is 2.23. The molecule has 2 amide bonds. The fourth-order valence-electron chi connectivity index (χ4n) is 3.50. The number of benzene rings is 2. The number of halogens is 2. The van der Waals surface area contributed by atoms with Crippen LogP contribution in [0.2, 0.25) is 10.0 Å². The number of amides is 2. The van der Waals surface area contributed by atoms with Gasteiger partial charge in [0.1, 0.15) is 11.6 Å². The minimum Gasteiger partial charge on any atom is -0.350 e. The van der Waals surface area contributed by atoms with Crippen molar-refractivity contribution in [1.29, 1.82) is 0 Å². The van der Waals surface area contributed by atoms with Crippen molar-refractivity contribution in [2.75, 3.05) is 19.6 Å². The van der Waals surface area contributed by atoms with Gasteiger partial charge in [-0.1, -0.05) is 59.6 Å². The van der Waals surface area contributed by atoms with E-state index in [1.807, 2.05) is 49.4 Å². The van der Waals surface area contributed by atoms with Crippen molar-refractivity contribution in [1.82, 2.24) is 10.2 Å². The maximum atomic E-state index is 13.1. The molecule has 1 unspecified atom stereocenters. The Morgan fingerprint density at radius 2 is 1.90 bits per heavy atom. The van der Waals surface area contributed by atoms with Gasteiger partial charge in [-0.2, -0.15) is 0 Å². The van der Waals surface area contributed by atoms with Crippen molar-refractivity contribution in [3.63, 3.8) is 0 Å². The molecule has 1 atom stereocenters. The molecule has 1 saturated heterocycles. The molecule has 7 heteroatoms. The summed E-state index contributed by atoms with van der Waals surface area (Å²) in [7, 11) is 0. The van der Waals surface area contributed by atoms with Crippen molar-refractivity contribution in [2.24, 2.45) is 10.9 Å². The second-order valence-corrected chi connectivity index (χ2v) is 8.03. The lowest BCUT2D eigenvalue weighted by molar-refractivity contribution is -0.132. The molecule has 0 bridgehead atoms. The van der Waals surface area contributed by atoms with Gasteiger partial charge in [-0.25, -0.2) is 0 Å². The van der Waals surface area contributed by atoms with E-state index in [9.17, 15) is 9.59 Å². The first-order valence-corrected chi connectivity index (χ1v) is 10.8.